The predicted molar refractivity (Wildman–Crippen MR) is 67.5 cm³/mol. The van der Waals surface area contributed by atoms with Crippen LogP contribution < -0.4 is 10.6 Å². The van der Waals surface area contributed by atoms with Gasteiger partial charge in [-0.1, -0.05) is 12.1 Å². The second kappa shape index (κ2) is 4.74. The van der Waals surface area contributed by atoms with Gasteiger partial charge in [-0.2, -0.15) is 0 Å². The minimum atomic E-state index is -0.185. The van der Waals surface area contributed by atoms with Gasteiger partial charge in [0.1, 0.15) is 0 Å². The molecule has 1 aliphatic heterocycles. The summed E-state index contributed by atoms with van der Waals surface area (Å²) in [5.41, 5.74) is 7.93. The standard InChI is InChI=1S/C13H20N2O/c1-10(16)11-6-8-15(9-7-11)13-5-3-2-4-12(13)14/h2-5,10-11,16H,6-9,14H2,1H3. The number of piperidine rings is 1. The monoisotopic (exact) mass is 220 g/mol. The first kappa shape index (κ1) is 11.3. The molecule has 16 heavy (non-hydrogen) atoms. The molecule has 1 atom stereocenters. The van der Waals surface area contributed by atoms with E-state index < -0.39 is 0 Å². The third-order valence-electron chi connectivity index (χ3n) is 3.50. The van der Waals surface area contributed by atoms with Crippen molar-refractivity contribution in [3.8, 4) is 0 Å². The molecule has 0 spiro atoms. The summed E-state index contributed by atoms with van der Waals surface area (Å²) in [6, 6.07) is 7.99. The average molecular weight is 220 g/mol. The number of hydrogen-bond acceptors (Lipinski definition) is 3. The zero-order valence-corrected chi connectivity index (χ0v) is 9.76. The van der Waals surface area contributed by atoms with Crippen LogP contribution in [0.3, 0.4) is 0 Å². The Morgan fingerprint density at radius 1 is 1.31 bits per heavy atom. The van der Waals surface area contributed by atoms with E-state index in [0.717, 1.165) is 37.3 Å². The molecule has 0 saturated carbocycles. The summed E-state index contributed by atoms with van der Waals surface area (Å²) in [5, 5.41) is 9.55. The number of rotatable bonds is 2. The second-order valence-electron chi connectivity index (χ2n) is 4.62. The van der Waals surface area contributed by atoms with Gasteiger partial charge in [0, 0.05) is 13.1 Å². The summed E-state index contributed by atoms with van der Waals surface area (Å²) < 4.78 is 0. The summed E-state index contributed by atoms with van der Waals surface area (Å²) in [5.74, 6) is 0.446. The Balaban J connectivity index is 2.02. The van der Waals surface area contributed by atoms with Gasteiger partial charge in [0.05, 0.1) is 17.5 Å². The minimum Gasteiger partial charge on any atom is -0.397 e. The maximum Gasteiger partial charge on any atom is 0.0599 e. The molecule has 1 saturated heterocycles. The molecule has 1 aliphatic rings. The van der Waals surface area contributed by atoms with Crippen molar-refractivity contribution >= 4 is 11.4 Å². The van der Waals surface area contributed by atoms with Gasteiger partial charge in [0.15, 0.2) is 0 Å². The van der Waals surface area contributed by atoms with Crippen LogP contribution in [-0.4, -0.2) is 24.3 Å². The summed E-state index contributed by atoms with van der Waals surface area (Å²) in [6.45, 7) is 3.87. The van der Waals surface area contributed by atoms with Gasteiger partial charge >= 0.3 is 0 Å². The highest BCUT2D eigenvalue weighted by Crippen LogP contribution is 2.28. The topological polar surface area (TPSA) is 49.5 Å². The lowest BCUT2D eigenvalue weighted by Crippen LogP contribution is -2.37. The average Bonchev–Trinajstić information content (AvgIpc) is 2.30. The molecule has 3 heteroatoms. The van der Waals surface area contributed by atoms with Gasteiger partial charge < -0.3 is 15.7 Å². The van der Waals surface area contributed by atoms with Crippen LogP contribution in [0, 0.1) is 5.92 Å². The highest BCUT2D eigenvalue weighted by Gasteiger charge is 2.23. The van der Waals surface area contributed by atoms with E-state index in [4.69, 9.17) is 5.73 Å². The lowest BCUT2D eigenvalue weighted by molar-refractivity contribution is 0.110. The fourth-order valence-electron chi connectivity index (χ4n) is 2.40. The smallest absolute Gasteiger partial charge is 0.0599 e. The Hall–Kier alpha value is -1.22. The van der Waals surface area contributed by atoms with Crippen molar-refractivity contribution < 1.29 is 5.11 Å². The number of aliphatic hydroxyl groups excluding tert-OH is 1. The molecule has 1 aromatic carbocycles. The largest absolute Gasteiger partial charge is 0.397 e. The van der Waals surface area contributed by atoms with Crippen molar-refractivity contribution in [1.29, 1.82) is 0 Å². The number of hydrogen-bond donors (Lipinski definition) is 2. The molecular weight excluding hydrogens is 200 g/mol. The Kier molecular flexibility index (Phi) is 3.34. The molecule has 1 aromatic rings. The van der Waals surface area contributed by atoms with Crippen molar-refractivity contribution in [1.82, 2.24) is 0 Å². The third kappa shape index (κ3) is 2.30. The van der Waals surface area contributed by atoms with E-state index in [-0.39, 0.29) is 6.10 Å². The van der Waals surface area contributed by atoms with Crippen molar-refractivity contribution in [2.45, 2.75) is 25.9 Å². The van der Waals surface area contributed by atoms with Crippen LogP contribution >= 0.6 is 0 Å². The number of nitrogens with two attached hydrogens (primary N) is 1. The molecule has 1 fully saturated rings. The fraction of sp³-hybridized carbons (Fsp3) is 0.538. The van der Waals surface area contributed by atoms with Crippen molar-refractivity contribution in [3.63, 3.8) is 0 Å². The molecule has 1 heterocycles. The Labute approximate surface area is 96.9 Å². The Morgan fingerprint density at radius 3 is 2.50 bits per heavy atom. The first-order valence-corrected chi connectivity index (χ1v) is 5.96. The number of benzene rings is 1. The summed E-state index contributed by atoms with van der Waals surface area (Å²) in [4.78, 5) is 2.31. The highest BCUT2D eigenvalue weighted by molar-refractivity contribution is 5.67. The lowest BCUT2D eigenvalue weighted by atomic mass is 9.92. The summed E-state index contributed by atoms with van der Waals surface area (Å²) >= 11 is 0. The molecule has 0 amide bonds. The van der Waals surface area contributed by atoms with Gasteiger partial charge in [-0.25, -0.2) is 0 Å². The van der Waals surface area contributed by atoms with Gasteiger partial charge in [-0.3, -0.25) is 0 Å². The molecule has 2 rings (SSSR count). The molecule has 0 aromatic heterocycles. The second-order valence-corrected chi connectivity index (χ2v) is 4.62. The van der Waals surface area contributed by atoms with Crippen molar-refractivity contribution in [2.75, 3.05) is 23.7 Å². The summed E-state index contributed by atoms with van der Waals surface area (Å²) in [6.07, 6.45) is 1.91. The maximum atomic E-state index is 9.55. The van der Waals surface area contributed by atoms with E-state index >= 15 is 0 Å². The van der Waals surface area contributed by atoms with Gasteiger partial charge in [-0.05, 0) is 37.8 Å². The van der Waals surface area contributed by atoms with Crippen LogP contribution in [0.5, 0.6) is 0 Å². The maximum absolute atomic E-state index is 9.55. The fourth-order valence-corrected chi connectivity index (χ4v) is 2.40. The van der Waals surface area contributed by atoms with Crippen LogP contribution in [0.2, 0.25) is 0 Å². The van der Waals surface area contributed by atoms with Crippen molar-refractivity contribution in [2.24, 2.45) is 5.92 Å². The van der Waals surface area contributed by atoms with E-state index in [0.29, 0.717) is 5.92 Å². The quantitative estimate of drug-likeness (QED) is 0.748. The van der Waals surface area contributed by atoms with Gasteiger partial charge in [-0.15, -0.1) is 0 Å². The molecular formula is C13H20N2O. The number of nitrogen functional groups attached to an aromatic ring is 1. The molecule has 3 nitrogen and oxygen atoms in total. The SMILES string of the molecule is CC(O)C1CCN(c2ccccc2N)CC1. The zero-order chi connectivity index (χ0) is 11.5. The third-order valence-corrected chi connectivity index (χ3v) is 3.50. The first-order chi connectivity index (χ1) is 7.68. The van der Waals surface area contributed by atoms with Crippen LogP contribution in [0.1, 0.15) is 19.8 Å². The van der Waals surface area contributed by atoms with E-state index in [1.54, 1.807) is 0 Å². The van der Waals surface area contributed by atoms with Crippen LogP contribution in [0.15, 0.2) is 24.3 Å². The van der Waals surface area contributed by atoms with Gasteiger partial charge in [0.2, 0.25) is 0 Å². The normalized spacial score (nSPS) is 19.8. The molecule has 88 valence electrons. The Bertz CT molecular complexity index is 344. The lowest BCUT2D eigenvalue weighted by Gasteiger charge is -2.35. The number of anilines is 2. The first-order valence-electron chi connectivity index (χ1n) is 5.96. The number of aliphatic hydroxyl groups is 1. The molecule has 0 aliphatic carbocycles. The molecule has 0 bridgehead atoms. The zero-order valence-electron chi connectivity index (χ0n) is 9.76. The number of para-hydroxylation sites is 2. The van der Waals surface area contributed by atoms with E-state index in [1.807, 2.05) is 25.1 Å². The van der Waals surface area contributed by atoms with Crippen LogP contribution in [0.25, 0.3) is 0 Å². The van der Waals surface area contributed by atoms with E-state index in [2.05, 4.69) is 11.0 Å². The number of nitrogens with zero attached hydrogens (tertiary/aromatic N) is 1. The minimum absolute atomic E-state index is 0.185. The highest BCUT2D eigenvalue weighted by atomic mass is 16.3. The van der Waals surface area contributed by atoms with E-state index in [9.17, 15) is 5.11 Å². The van der Waals surface area contributed by atoms with Crippen molar-refractivity contribution in [3.05, 3.63) is 24.3 Å². The molecule has 1 unspecified atom stereocenters. The predicted octanol–water partition coefficient (Wildman–Crippen LogP) is 1.87. The van der Waals surface area contributed by atoms with E-state index in [1.165, 1.54) is 0 Å². The summed E-state index contributed by atoms with van der Waals surface area (Å²) in [7, 11) is 0. The molecule has 3 N–H and O–H groups in total. The van der Waals surface area contributed by atoms with Gasteiger partial charge in [0.25, 0.3) is 0 Å². The van der Waals surface area contributed by atoms with Crippen LogP contribution in [-0.2, 0) is 0 Å². The van der Waals surface area contributed by atoms with Crippen LogP contribution in [0.4, 0.5) is 11.4 Å². The Morgan fingerprint density at radius 2 is 1.94 bits per heavy atom. The molecule has 0 radical (unpaired) electrons.